The number of alkyl carbamates (subject to hydrolysis) is 1. The molecule has 0 aliphatic carbocycles. The molecule has 0 heterocycles. The number of amides is 1. The van der Waals surface area contributed by atoms with Crippen LogP contribution in [0.3, 0.4) is 0 Å². The molecule has 1 rings (SSSR count). The molecule has 0 aromatic heterocycles. The van der Waals surface area contributed by atoms with Gasteiger partial charge in [-0.1, -0.05) is 44.2 Å². The summed E-state index contributed by atoms with van der Waals surface area (Å²) in [7, 11) is 0. The highest BCUT2D eigenvalue weighted by molar-refractivity contribution is 5.67. The Morgan fingerprint density at radius 1 is 1.37 bits per heavy atom. The molecule has 19 heavy (non-hydrogen) atoms. The summed E-state index contributed by atoms with van der Waals surface area (Å²) < 4.78 is 5.16. The van der Waals surface area contributed by atoms with Gasteiger partial charge in [-0.25, -0.2) is 4.79 Å². The molecule has 1 aromatic carbocycles. The number of carbonyl (C=O) groups is 1. The van der Waals surface area contributed by atoms with Crippen LogP contribution in [-0.4, -0.2) is 23.8 Å². The van der Waals surface area contributed by atoms with Crippen molar-refractivity contribution >= 4 is 6.09 Å². The van der Waals surface area contributed by atoms with E-state index >= 15 is 0 Å². The number of rotatable bonds is 7. The Labute approximate surface area is 114 Å². The van der Waals surface area contributed by atoms with Crippen LogP contribution in [0.2, 0.25) is 0 Å². The molecule has 0 aliphatic heterocycles. The molecule has 106 valence electrons. The number of nitrogens with one attached hydrogen (secondary N) is 1. The predicted molar refractivity (Wildman–Crippen MR) is 74.7 cm³/mol. The van der Waals surface area contributed by atoms with Gasteiger partial charge >= 0.3 is 6.09 Å². The van der Waals surface area contributed by atoms with Gasteiger partial charge in [0, 0.05) is 12.6 Å². The standard InChI is InChI=1S/C15H23NO3/c1-3-14(9-12(2)10-17)16-15(18)19-11-13-7-5-4-6-8-13/h4-8,12,14,17H,3,9-11H2,1-2H3,(H,16,18). The zero-order chi connectivity index (χ0) is 14.1. The van der Waals surface area contributed by atoms with Crippen LogP contribution < -0.4 is 5.32 Å². The minimum Gasteiger partial charge on any atom is -0.445 e. The van der Waals surface area contributed by atoms with Gasteiger partial charge in [0.2, 0.25) is 0 Å². The summed E-state index contributed by atoms with van der Waals surface area (Å²) in [5.41, 5.74) is 0.967. The van der Waals surface area contributed by atoms with Gasteiger partial charge in [0.25, 0.3) is 0 Å². The van der Waals surface area contributed by atoms with Crippen LogP contribution >= 0.6 is 0 Å². The smallest absolute Gasteiger partial charge is 0.407 e. The molecule has 2 unspecified atom stereocenters. The monoisotopic (exact) mass is 265 g/mol. The van der Waals surface area contributed by atoms with Gasteiger partial charge < -0.3 is 15.2 Å². The number of aliphatic hydroxyl groups excluding tert-OH is 1. The molecular formula is C15H23NO3. The molecule has 1 aromatic rings. The lowest BCUT2D eigenvalue weighted by atomic mass is 10.0. The minimum absolute atomic E-state index is 0.0467. The van der Waals surface area contributed by atoms with Crippen molar-refractivity contribution in [3.63, 3.8) is 0 Å². The number of carbonyl (C=O) groups excluding carboxylic acids is 1. The van der Waals surface area contributed by atoms with Crippen LogP contribution in [0.25, 0.3) is 0 Å². The second kappa shape index (κ2) is 8.53. The first-order chi connectivity index (χ1) is 9.15. The number of benzene rings is 1. The van der Waals surface area contributed by atoms with Gasteiger partial charge in [-0.05, 0) is 24.3 Å². The Hall–Kier alpha value is -1.55. The van der Waals surface area contributed by atoms with Crippen molar-refractivity contribution in [1.82, 2.24) is 5.32 Å². The summed E-state index contributed by atoms with van der Waals surface area (Å²) in [5.74, 6) is 0.180. The summed E-state index contributed by atoms with van der Waals surface area (Å²) >= 11 is 0. The highest BCUT2D eigenvalue weighted by atomic mass is 16.5. The zero-order valence-electron chi connectivity index (χ0n) is 11.6. The summed E-state index contributed by atoms with van der Waals surface area (Å²) in [6.07, 6.45) is 1.18. The lowest BCUT2D eigenvalue weighted by molar-refractivity contribution is 0.132. The van der Waals surface area contributed by atoms with E-state index < -0.39 is 6.09 Å². The lowest BCUT2D eigenvalue weighted by Gasteiger charge is -2.19. The van der Waals surface area contributed by atoms with Gasteiger partial charge in [-0.3, -0.25) is 0 Å². The Morgan fingerprint density at radius 3 is 2.63 bits per heavy atom. The van der Waals surface area contributed by atoms with Crippen molar-refractivity contribution < 1.29 is 14.6 Å². The molecule has 0 spiro atoms. The normalized spacial score (nSPS) is 13.6. The average Bonchev–Trinajstić information content (AvgIpc) is 2.45. The van der Waals surface area contributed by atoms with Gasteiger partial charge in [0.15, 0.2) is 0 Å². The molecule has 0 aliphatic rings. The van der Waals surface area contributed by atoms with E-state index in [4.69, 9.17) is 9.84 Å². The van der Waals surface area contributed by atoms with Crippen molar-refractivity contribution in [3.05, 3.63) is 35.9 Å². The minimum atomic E-state index is -0.402. The van der Waals surface area contributed by atoms with Crippen molar-refractivity contribution in [1.29, 1.82) is 0 Å². The Morgan fingerprint density at radius 2 is 2.05 bits per heavy atom. The number of hydrogen-bond acceptors (Lipinski definition) is 3. The lowest BCUT2D eigenvalue weighted by Crippen LogP contribution is -2.36. The Kier molecular flexibility index (Phi) is 6.97. The molecule has 0 saturated heterocycles. The van der Waals surface area contributed by atoms with Crippen LogP contribution in [0.4, 0.5) is 4.79 Å². The van der Waals surface area contributed by atoms with E-state index in [1.807, 2.05) is 44.2 Å². The topological polar surface area (TPSA) is 58.6 Å². The molecule has 4 nitrogen and oxygen atoms in total. The quantitative estimate of drug-likeness (QED) is 0.797. The van der Waals surface area contributed by atoms with E-state index in [2.05, 4.69) is 5.32 Å². The number of aliphatic hydroxyl groups is 1. The average molecular weight is 265 g/mol. The first kappa shape index (κ1) is 15.5. The highest BCUT2D eigenvalue weighted by Gasteiger charge is 2.14. The molecule has 0 fully saturated rings. The van der Waals surface area contributed by atoms with Crippen molar-refractivity contribution in [2.45, 2.75) is 39.3 Å². The fourth-order valence-electron chi connectivity index (χ4n) is 1.82. The molecular weight excluding hydrogens is 242 g/mol. The molecule has 0 saturated carbocycles. The second-order valence-corrected chi connectivity index (χ2v) is 4.83. The molecule has 0 radical (unpaired) electrons. The van der Waals surface area contributed by atoms with Crippen LogP contribution in [-0.2, 0) is 11.3 Å². The van der Waals surface area contributed by atoms with E-state index in [-0.39, 0.29) is 25.2 Å². The third-order valence-corrected chi connectivity index (χ3v) is 3.03. The SMILES string of the molecule is CCC(CC(C)CO)NC(=O)OCc1ccccc1. The first-order valence-corrected chi connectivity index (χ1v) is 6.73. The predicted octanol–water partition coefficient (Wildman–Crippen LogP) is 2.71. The maximum Gasteiger partial charge on any atom is 0.407 e. The molecule has 0 bridgehead atoms. The fraction of sp³-hybridized carbons (Fsp3) is 0.533. The van der Waals surface area contributed by atoms with Gasteiger partial charge in [0.1, 0.15) is 6.61 Å². The molecule has 1 amide bonds. The Bertz CT molecular complexity index is 367. The van der Waals surface area contributed by atoms with Crippen LogP contribution in [0.5, 0.6) is 0 Å². The molecule has 2 atom stereocenters. The van der Waals surface area contributed by atoms with Gasteiger partial charge in [-0.15, -0.1) is 0 Å². The maximum atomic E-state index is 11.7. The van der Waals surface area contributed by atoms with Crippen LogP contribution in [0, 0.1) is 5.92 Å². The van der Waals surface area contributed by atoms with Crippen molar-refractivity contribution in [2.75, 3.05) is 6.61 Å². The van der Waals surface area contributed by atoms with Crippen molar-refractivity contribution in [3.8, 4) is 0 Å². The molecule has 4 heteroatoms. The summed E-state index contributed by atoms with van der Waals surface area (Å²) in [6.45, 7) is 4.38. The third kappa shape index (κ3) is 6.25. The first-order valence-electron chi connectivity index (χ1n) is 6.73. The van der Waals surface area contributed by atoms with Crippen LogP contribution in [0.15, 0.2) is 30.3 Å². The van der Waals surface area contributed by atoms with E-state index in [9.17, 15) is 4.79 Å². The summed E-state index contributed by atoms with van der Waals surface area (Å²) in [4.78, 5) is 11.7. The Balaban J connectivity index is 2.33. The van der Waals surface area contributed by atoms with Crippen molar-refractivity contribution in [2.24, 2.45) is 5.92 Å². The third-order valence-electron chi connectivity index (χ3n) is 3.03. The van der Waals surface area contributed by atoms with E-state index in [0.717, 1.165) is 18.4 Å². The number of ether oxygens (including phenoxy) is 1. The van der Waals surface area contributed by atoms with E-state index in [0.29, 0.717) is 0 Å². The van der Waals surface area contributed by atoms with Gasteiger partial charge in [-0.2, -0.15) is 0 Å². The van der Waals surface area contributed by atoms with Gasteiger partial charge in [0.05, 0.1) is 0 Å². The molecule has 2 N–H and O–H groups in total. The number of hydrogen-bond donors (Lipinski definition) is 2. The maximum absolute atomic E-state index is 11.7. The highest BCUT2D eigenvalue weighted by Crippen LogP contribution is 2.08. The van der Waals surface area contributed by atoms with E-state index in [1.165, 1.54) is 0 Å². The fourth-order valence-corrected chi connectivity index (χ4v) is 1.82. The van der Waals surface area contributed by atoms with E-state index in [1.54, 1.807) is 0 Å². The second-order valence-electron chi connectivity index (χ2n) is 4.83. The zero-order valence-corrected chi connectivity index (χ0v) is 11.6. The summed E-state index contributed by atoms with van der Waals surface area (Å²) in [6, 6.07) is 9.62. The largest absolute Gasteiger partial charge is 0.445 e. The summed E-state index contributed by atoms with van der Waals surface area (Å²) in [5, 5.41) is 11.9. The van der Waals surface area contributed by atoms with Crippen LogP contribution in [0.1, 0.15) is 32.3 Å².